The Hall–Kier alpha value is -0.790. The number of carboxylic acids is 1. The third-order valence-corrected chi connectivity index (χ3v) is 3.64. The van der Waals surface area contributed by atoms with Gasteiger partial charge >= 0.3 is 5.97 Å². The van der Waals surface area contributed by atoms with Crippen molar-refractivity contribution in [1.82, 2.24) is 0 Å². The van der Waals surface area contributed by atoms with Crippen LogP contribution in [0.15, 0.2) is 11.6 Å². The summed E-state index contributed by atoms with van der Waals surface area (Å²) in [5.74, 6) is 0.222. The Morgan fingerprint density at radius 2 is 2.33 bits per heavy atom. The first-order valence-corrected chi connectivity index (χ1v) is 4.46. The normalized spacial score (nSPS) is 44.7. The molecule has 12 heavy (non-hydrogen) atoms. The largest absolute Gasteiger partial charge is 0.481 e. The average Bonchev–Trinajstić information content (AvgIpc) is 2.58. The Balaban J connectivity index is 2.17. The summed E-state index contributed by atoms with van der Waals surface area (Å²) < 4.78 is 0. The molecule has 1 fully saturated rings. The number of carbonyl (C=O) groups is 1. The Morgan fingerprint density at radius 3 is 2.83 bits per heavy atom. The van der Waals surface area contributed by atoms with Crippen LogP contribution in [0.25, 0.3) is 0 Å². The van der Waals surface area contributed by atoms with Crippen molar-refractivity contribution in [2.24, 2.45) is 17.3 Å². The minimum atomic E-state index is -0.611. The molecule has 0 radical (unpaired) electrons. The lowest BCUT2D eigenvalue weighted by molar-refractivity contribution is -0.143. The predicted molar refractivity (Wildman–Crippen MR) is 45.7 cm³/mol. The molecule has 0 heterocycles. The van der Waals surface area contributed by atoms with E-state index in [2.05, 4.69) is 13.0 Å². The summed E-state index contributed by atoms with van der Waals surface area (Å²) >= 11 is 0. The van der Waals surface area contributed by atoms with Gasteiger partial charge < -0.3 is 5.11 Å². The van der Waals surface area contributed by atoms with E-state index >= 15 is 0 Å². The lowest BCUT2D eigenvalue weighted by Crippen LogP contribution is -2.14. The second-order valence-corrected chi connectivity index (χ2v) is 4.29. The highest BCUT2D eigenvalue weighted by atomic mass is 16.4. The standard InChI is InChI=1S/C10H14O2/c1-6-3-4-7-8(5-6)10(7,2)9(11)12/h3,7-8H,4-5H2,1-2H3,(H,11,12)/t7-,8+,10-/m1/s1. The summed E-state index contributed by atoms with van der Waals surface area (Å²) in [6.07, 6.45) is 4.15. The van der Waals surface area contributed by atoms with Crippen LogP contribution in [0.4, 0.5) is 0 Å². The summed E-state index contributed by atoms with van der Waals surface area (Å²) in [5.41, 5.74) is 0.954. The Morgan fingerprint density at radius 1 is 1.67 bits per heavy atom. The smallest absolute Gasteiger partial charge is 0.309 e. The molecule has 1 N–H and O–H groups in total. The van der Waals surface area contributed by atoms with Crippen molar-refractivity contribution in [3.8, 4) is 0 Å². The van der Waals surface area contributed by atoms with Crippen molar-refractivity contribution in [1.29, 1.82) is 0 Å². The van der Waals surface area contributed by atoms with E-state index in [-0.39, 0.29) is 0 Å². The average molecular weight is 166 g/mol. The van der Waals surface area contributed by atoms with Crippen LogP contribution in [-0.2, 0) is 4.79 Å². The fourth-order valence-electron chi connectivity index (χ4n) is 2.54. The van der Waals surface area contributed by atoms with E-state index in [1.807, 2.05) is 6.92 Å². The maximum atomic E-state index is 10.9. The van der Waals surface area contributed by atoms with Crippen molar-refractivity contribution < 1.29 is 9.90 Å². The van der Waals surface area contributed by atoms with Crippen molar-refractivity contribution in [3.63, 3.8) is 0 Å². The van der Waals surface area contributed by atoms with Crippen LogP contribution in [0.1, 0.15) is 26.7 Å². The van der Waals surface area contributed by atoms with E-state index < -0.39 is 11.4 Å². The third-order valence-electron chi connectivity index (χ3n) is 3.64. The number of fused-ring (bicyclic) bond motifs is 1. The molecule has 0 unspecified atom stereocenters. The lowest BCUT2D eigenvalue weighted by Gasteiger charge is -2.04. The van der Waals surface area contributed by atoms with Gasteiger partial charge in [0.25, 0.3) is 0 Å². The predicted octanol–water partition coefficient (Wildman–Crippen LogP) is 2.06. The first kappa shape index (κ1) is 7.84. The van der Waals surface area contributed by atoms with Crippen LogP contribution in [-0.4, -0.2) is 11.1 Å². The minimum absolute atomic E-state index is 0.408. The molecule has 2 heteroatoms. The van der Waals surface area contributed by atoms with Crippen molar-refractivity contribution in [2.75, 3.05) is 0 Å². The third kappa shape index (κ3) is 0.780. The van der Waals surface area contributed by atoms with E-state index in [4.69, 9.17) is 5.11 Å². The topological polar surface area (TPSA) is 37.3 Å². The van der Waals surface area contributed by atoms with Gasteiger partial charge in [0.05, 0.1) is 5.41 Å². The van der Waals surface area contributed by atoms with Crippen LogP contribution >= 0.6 is 0 Å². The molecule has 0 aromatic rings. The highest BCUT2D eigenvalue weighted by Crippen LogP contribution is 2.64. The number of hydrogen-bond acceptors (Lipinski definition) is 1. The van der Waals surface area contributed by atoms with Gasteiger partial charge in [0.2, 0.25) is 0 Å². The van der Waals surface area contributed by atoms with Crippen molar-refractivity contribution >= 4 is 5.97 Å². The van der Waals surface area contributed by atoms with Crippen molar-refractivity contribution in [2.45, 2.75) is 26.7 Å². The molecule has 2 aliphatic carbocycles. The first-order valence-electron chi connectivity index (χ1n) is 4.46. The van der Waals surface area contributed by atoms with Gasteiger partial charge in [-0.2, -0.15) is 0 Å². The highest BCUT2D eigenvalue weighted by molar-refractivity contribution is 5.79. The zero-order valence-corrected chi connectivity index (χ0v) is 7.50. The lowest BCUT2D eigenvalue weighted by atomic mass is 10.0. The number of carboxylic acid groups (broad SMARTS) is 1. The summed E-state index contributed by atoms with van der Waals surface area (Å²) in [7, 11) is 0. The van der Waals surface area contributed by atoms with E-state index in [9.17, 15) is 4.79 Å². The maximum Gasteiger partial charge on any atom is 0.309 e. The fraction of sp³-hybridized carbons (Fsp3) is 0.700. The van der Waals surface area contributed by atoms with Crippen LogP contribution in [0, 0.1) is 17.3 Å². The Kier molecular flexibility index (Phi) is 1.39. The molecule has 2 rings (SSSR count). The molecular formula is C10H14O2. The molecule has 0 amide bonds. The minimum Gasteiger partial charge on any atom is -0.481 e. The second-order valence-electron chi connectivity index (χ2n) is 4.29. The zero-order valence-electron chi connectivity index (χ0n) is 7.50. The molecule has 0 aromatic carbocycles. The molecule has 0 aliphatic heterocycles. The molecule has 3 atom stereocenters. The second kappa shape index (κ2) is 2.12. The summed E-state index contributed by atoms with van der Waals surface area (Å²) in [6.45, 7) is 3.98. The van der Waals surface area contributed by atoms with Crippen molar-refractivity contribution in [3.05, 3.63) is 11.6 Å². The molecule has 0 spiro atoms. The first-order chi connectivity index (χ1) is 5.56. The number of rotatable bonds is 1. The van der Waals surface area contributed by atoms with Gasteiger partial charge in [-0.3, -0.25) is 4.79 Å². The van der Waals surface area contributed by atoms with Crippen LogP contribution in [0.5, 0.6) is 0 Å². The zero-order chi connectivity index (χ0) is 8.93. The van der Waals surface area contributed by atoms with Gasteiger partial charge in [0.1, 0.15) is 0 Å². The summed E-state index contributed by atoms with van der Waals surface area (Å²) in [5, 5.41) is 9.01. The summed E-state index contributed by atoms with van der Waals surface area (Å²) in [6, 6.07) is 0. The van der Waals surface area contributed by atoms with Crippen LogP contribution in [0.3, 0.4) is 0 Å². The molecule has 0 aromatic heterocycles. The highest BCUT2D eigenvalue weighted by Gasteiger charge is 2.66. The molecule has 0 saturated heterocycles. The molecule has 2 nitrogen and oxygen atoms in total. The number of hydrogen-bond donors (Lipinski definition) is 1. The quantitative estimate of drug-likeness (QED) is 0.605. The van der Waals surface area contributed by atoms with Gasteiger partial charge in [-0.1, -0.05) is 11.6 Å². The van der Waals surface area contributed by atoms with Crippen LogP contribution < -0.4 is 0 Å². The molecule has 0 bridgehead atoms. The summed E-state index contributed by atoms with van der Waals surface area (Å²) in [4.78, 5) is 10.9. The molecule has 2 aliphatic rings. The van der Waals surface area contributed by atoms with E-state index in [1.54, 1.807) is 0 Å². The molecule has 66 valence electrons. The Bertz CT molecular complexity index is 267. The van der Waals surface area contributed by atoms with Crippen LogP contribution in [0.2, 0.25) is 0 Å². The Labute approximate surface area is 72.3 Å². The maximum absolute atomic E-state index is 10.9. The van der Waals surface area contributed by atoms with E-state index in [0.717, 1.165) is 12.8 Å². The number of allylic oxidation sites excluding steroid dienone is 2. The monoisotopic (exact) mass is 166 g/mol. The van der Waals surface area contributed by atoms with Gasteiger partial charge in [0.15, 0.2) is 0 Å². The van der Waals surface area contributed by atoms with E-state index in [0.29, 0.717) is 11.8 Å². The number of aliphatic carboxylic acids is 1. The van der Waals surface area contributed by atoms with Gasteiger partial charge in [0, 0.05) is 0 Å². The molecular weight excluding hydrogens is 152 g/mol. The SMILES string of the molecule is CC1=CC[C@@H]2[C@H](C1)[C@]2(C)C(=O)O. The van der Waals surface area contributed by atoms with E-state index in [1.165, 1.54) is 5.57 Å². The molecule has 1 saturated carbocycles. The van der Waals surface area contributed by atoms with Gasteiger partial charge in [-0.05, 0) is 38.5 Å². The fourth-order valence-corrected chi connectivity index (χ4v) is 2.54. The van der Waals surface area contributed by atoms with Gasteiger partial charge in [-0.15, -0.1) is 0 Å². The van der Waals surface area contributed by atoms with Gasteiger partial charge in [-0.25, -0.2) is 0 Å².